The van der Waals surface area contributed by atoms with Gasteiger partial charge in [-0.3, -0.25) is 9.59 Å². The van der Waals surface area contributed by atoms with E-state index in [1.54, 1.807) is 0 Å². The van der Waals surface area contributed by atoms with Crippen molar-refractivity contribution in [3.63, 3.8) is 0 Å². The Morgan fingerprint density at radius 1 is 1.24 bits per heavy atom. The van der Waals surface area contributed by atoms with Crippen molar-refractivity contribution < 1.29 is 9.59 Å². The van der Waals surface area contributed by atoms with Crippen LogP contribution in [0.5, 0.6) is 0 Å². The van der Waals surface area contributed by atoms with Crippen LogP contribution < -0.4 is 0 Å². The van der Waals surface area contributed by atoms with Crippen molar-refractivity contribution in [2.24, 2.45) is 5.92 Å². The Morgan fingerprint density at radius 3 is 2.62 bits per heavy atom. The number of halogens is 1. The minimum atomic E-state index is 0.113. The maximum Gasteiger partial charge on any atom is 0.222 e. The van der Waals surface area contributed by atoms with E-state index in [-0.39, 0.29) is 11.7 Å². The largest absolute Gasteiger partial charge is 0.342 e. The first-order valence-corrected chi connectivity index (χ1v) is 8.42. The summed E-state index contributed by atoms with van der Waals surface area (Å²) in [4.78, 5) is 26.1. The summed E-state index contributed by atoms with van der Waals surface area (Å²) in [5.41, 5.74) is 0.720. The van der Waals surface area contributed by atoms with Gasteiger partial charge in [0, 0.05) is 36.0 Å². The van der Waals surface area contributed by atoms with Crippen LogP contribution in [0, 0.1) is 5.92 Å². The highest BCUT2D eigenvalue weighted by Gasteiger charge is 2.20. The zero-order valence-electron chi connectivity index (χ0n) is 12.5. The normalized spacial score (nSPS) is 18.6. The number of hydrogen-bond acceptors (Lipinski definition) is 2. The Morgan fingerprint density at radius 2 is 1.95 bits per heavy atom. The molecule has 0 radical (unpaired) electrons. The fourth-order valence-electron chi connectivity index (χ4n) is 2.75. The lowest BCUT2D eigenvalue weighted by atomic mass is 9.99. The molecule has 114 valence electrons. The summed E-state index contributed by atoms with van der Waals surface area (Å²) in [5.74, 6) is 0.916. The van der Waals surface area contributed by atoms with Gasteiger partial charge in [-0.25, -0.2) is 0 Å². The summed E-state index contributed by atoms with van der Waals surface area (Å²) >= 11 is 3.35. The molecule has 1 saturated heterocycles. The molecule has 0 saturated carbocycles. The third-order valence-electron chi connectivity index (χ3n) is 3.97. The fourth-order valence-corrected chi connectivity index (χ4v) is 3.02. The van der Waals surface area contributed by atoms with Gasteiger partial charge >= 0.3 is 0 Å². The van der Waals surface area contributed by atoms with Crippen LogP contribution in [0.4, 0.5) is 0 Å². The zero-order chi connectivity index (χ0) is 15.2. The molecule has 1 amide bonds. The lowest BCUT2D eigenvalue weighted by Crippen LogP contribution is -2.38. The van der Waals surface area contributed by atoms with Crippen molar-refractivity contribution >= 4 is 27.6 Å². The van der Waals surface area contributed by atoms with Crippen LogP contribution in [0.1, 0.15) is 49.4 Å². The number of nitrogens with zero attached hydrogens (tertiary/aromatic N) is 1. The predicted molar refractivity (Wildman–Crippen MR) is 87.3 cm³/mol. The molecule has 1 atom stereocenters. The summed E-state index contributed by atoms with van der Waals surface area (Å²) in [5, 5.41) is 0. The van der Waals surface area contributed by atoms with Gasteiger partial charge in [0.05, 0.1) is 0 Å². The number of amides is 1. The molecule has 1 heterocycles. The molecule has 1 aromatic carbocycles. The number of rotatable bonds is 5. The number of Topliss-reactive ketones (excluding diaryl/α,β-unsaturated/α-hetero) is 1. The van der Waals surface area contributed by atoms with Gasteiger partial charge in [0.25, 0.3) is 0 Å². The summed E-state index contributed by atoms with van der Waals surface area (Å²) < 4.78 is 0.966. The van der Waals surface area contributed by atoms with Crippen LogP contribution in [0.15, 0.2) is 28.7 Å². The van der Waals surface area contributed by atoms with E-state index in [1.807, 2.05) is 29.2 Å². The van der Waals surface area contributed by atoms with Gasteiger partial charge < -0.3 is 4.90 Å². The van der Waals surface area contributed by atoms with E-state index < -0.39 is 0 Å². The van der Waals surface area contributed by atoms with Crippen LogP contribution in [0.25, 0.3) is 0 Å². The molecule has 0 bridgehead atoms. The molecule has 1 aliphatic heterocycles. The maximum atomic E-state index is 12.1. The average Bonchev–Trinajstić information content (AvgIpc) is 2.47. The standard InChI is InChI=1S/C17H22BrNO2/c1-13-4-3-11-19(12-13)17(21)6-2-5-16(20)14-7-9-15(18)10-8-14/h7-10,13H,2-6,11-12H2,1H3. The quantitative estimate of drug-likeness (QED) is 0.750. The third kappa shape index (κ3) is 4.95. The van der Waals surface area contributed by atoms with Gasteiger partial charge in [-0.1, -0.05) is 35.0 Å². The van der Waals surface area contributed by atoms with Crippen LogP contribution >= 0.6 is 15.9 Å². The van der Waals surface area contributed by atoms with E-state index >= 15 is 0 Å². The van der Waals surface area contributed by atoms with Crippen LogP contribution in [0.3, 0.4) is 0 Å². The second kappa shape index (κ2) is 7.74. The van der Waals surface area contributed by atoms with Crippen molar-refractivity contribution in [1.82, 2.24) is 4.90 Å². The number of benzene rings is 1. The average molecular weight is 352 g/mol. The topological polar surface area (TPSA) is 37.4 Å². The molecule has 1 aliphatic rings. The van der Waals surface area contributed by atoms with E-state index in [9.17, 15) is 9.59 Å². The number of likely N-dealkylation sites (tertiary alicyclic amines) is 1. The highest BCUT2D eigenvalue weighted by molar-refractivity contribution is 9.10. The molecule has 0 N–H and O–H groups in total. The number of hydrogen-bond donors (Lipinski definition) is 0. The summed E-state index contributed by atoms with van der Waals surface area (Å²) in [6, 6.07) is 7.38. The lowest BCUT2D eigenvalue weighted by molar-refractivity contribution is -0.132. The number of ketones is 1. The van der Waals surface area contributed by atoms with Crippen molar-refractivity contribution in [2.45, 2.75) is 39.0 Å². The van der Waals surface area contributed by atoms with Gasteiger partial charge in [-0.15, -0.1) is 0 Å². The Balaban J connectivity index is 1.74. The van der Waals surface area contributed by atoms with Gasteiger partial charge in [0.2, 0.25) is 5.91 Å². The highest BCUT2D eigenvalue weighted by Crippen LogP contribution is 2.17. The van der Waals surface area contributed by atoms with Gasteiger partial charge in [0.15, 0.2) is 5.78 Å². The van der Waals surface area contributed by atoms with Crippen molar-refractivity contribution in [2.75, 3.05) is 13.1 Å². The minimum Gasteiger partial charge on any atom is -0.342 e. The van der Waals surface area contributed by atoms with Crippen LogP contribution in [-0.4, -0.2) is 29.7 Å². The Kier molecular flexibility index (Phi) is 5.97. The number of carbonyl (C=O) groups excluding carboxylic acids is 2. The lowest BCUT2D eigenvalue weighted by Gasteiger charge is -2.31. The molecule has 1 unspecified atom stereocenters. The van der Waals surface area contributed by atoms with Gasteiger partial charge in [-0.05, 0) is 37.3 Å². The van der Waals surface area contributed by atoms with E-state index in [0.717, 1.165) is 29.5 Å². The molecule has 3 nitrogen and oxygen atoms in total. The van der Waals surface area contributed by atoms with E-state index in [1.165, 1.54) is 6.42 Å². The molecule has 0 aliphatic carbocycles. The molecular weight excluding hydrogens is 330 g/mol. The van der Waals surface area contributed by atoms with Crippen LogP contribution in [0.2, 0.25) is 0 Å². The Bertz CT molecular complexity index is 498. The predicted octanol–water partition coefficient (Wildman–Crippen LogP) is 4.06. The molecular formula is C17H22BrNO2. The summed E-state index contributed by atoms with van der Waals surface area (Å²) in [6.07, 6.45) is 3.88. The van der Waals surface area contributed by atoms with E-state index in [0.29, 0.717) is 25.2 Å². The maximum absolute atomic E-state index is 12.1. The first-order valence-electron chi connectivity index (χ1n) is 7.63. The molecule has 2 rings (SSSR count). The van der Waals surface area contributed by atoms with E-state index in [4.69, 9.17) is 0 Å². The molecule has 21 heavy (non-hydrogen) atoms. The highest BCUT2D eigenvalue weighted by atomic mass is 79.9. The van der Waals surface area contributed by atoms with Crippen molar-refractivity contribution in [3.8, 4) is 0 Å². The fraction of sp³-hybridized carbons (Fsp3) is 0.529. The van der Waals surface area contributed by atoms with Crippen molar-refractivity contribution in [3.05, 3.63) is 34.3 Å². The number of piperidine rings is 1. The summed E-state index contributed by atoms with van der Waals surface area (Å²) in [7, 11) is 0. The van der Waals surface area contributed by atoms with Gasteiger partial charge in [-0.2, -0.15) is 0 Å². The number of carbonyl (C=O) groups is 2. The van der Waals surface area contributed by atoms with Crippen LogP contribution in [-0.2, 0) is 4.79 Å². The summed E-state index contributed by atoms with van der Waals surface area (Å²) in [6.45, 7) is 3.94. The third-order valence-corrected chi connectivity index (χ3v) is 4.50. The second-order valence-corrected chi connectivity index (χ2v) is 6.79. The molecule has 0 spiro atoms. The first-order chi connectivity index (χ1) is 10.1. The van der Waals surface area contributed by atoms with Gasteiger partial charge in [0.1, 0.15) is 0 Å². The Hall–Kier alpha value is -1.16. The van der Waals surface area contributed by atoms with E-state index in [2.05, 4.69) is 22.9 Å². The molecule has 4 heteroatoms. The Labute approximate surface area is 134 Å². The SMILES string of the molecule is CC1CCCN(C(=O)CCCC(=O)c2ccc(Br)cc2)C1. The molecule has 0 aromatic heterocycles. The molecule has 1 aromatic rings. The molecule has 1 fully saturated rings. The first kappa shape index (κ1) is 16.2. The minimum absolute atomic E-state index is 0.113. The second-order valence-electron chi connectivity index (χ2n) is 5.87. The zero-order valence-corrected chi connectivity index (χ0v) is 14.1. The monoisotopic (exact) mass is 351 g/mol. The smallest absolute Gasteiger partial charge is 0.222 e. The van der Waals surface area contributed by atoms with Crippen molar-refractivity contribution in [1.29, 1.82) is 0 Å².